The quantitative estimate of drug-likeness (QED) is 0.613. The van der Waals surface area contributed by atoms with Crippen LogP contribution in [0, 0.1) is 23.7 Å². The molecule has 0 aliphatic rings. The average molecular weight is 244 g/mol. The monoisotopic (exact) mass is 244 g/mol. The molecule has 0 radical (unpaired) electrons. The lowest BCUT2D eigenvalue weighted by Gasteiger charge is -1.94. The largest absolute Gasteiger partial charge is 0.439 e. The zero-order valence-electron chi connectivity index (χ0n) is 10.7. The molecule has 18 heavy (non-hydrogen) atoms. The third-order valence-electron chi connectivity index (χ3n) is 2.39. The molecule has 1 heterocycles. The maximum Gasteiger partial charge on any atom is 0.178 e. The van der Waals surface area contributed by atoms with Crippen molar-refractivity contribution in [2.75, 3.05) is 13.1 Å². The minimum Gasteiger partial charge on any atom is -0.439 e. The molecule has 0 saturated heterocycles. The van der Waals surface area contributed by atoms with E-state index in [2.05, 4.69) is 23.7 Å². The van der Waals surface area contributed by atoms with Gasteiger partial charge in [0.2, 0.25) is 0 Å². The van der Waals surface area contributed by atoms with Gasteiger partial charge in [0, 0.05) is 6.42 Å². The molecule has 1 rings (SSSR count). The normalized spacial score (nSPS) is 9.22. The van der Waals surface area contributed by atoms with Gasteiger partial charge in [-0.1, -0.05) is 24.7 Å². The average Bonchev–Trinajstić information content (AvgIpc) is 2.83. The van der Waals surface area contributed by atoms with Crippen molar-refractivity contribution in [1.29, 1.82) is 0 Å². The van der Waals surface area contributed by atoms with Gasteiger partial charge in [0.1, 0.15) is 0 Å². The Morgan fingerprint density at radius 3 is 2.22 bits per heavy atom. The first kappa shape index (κ1) is 14.4. The van der Waals surface area contributed by atoms with Crippen molar-refractivity contribution in [3.05, 3.63) is 23.7 Å². The number of furan rings is 1. The summed E-state index contributed by atoms with van der Waals surface area (Å²) in [5.74, 6) is 12.9. The molecule has 0 fully saturated rings. The molecule has 0 atom stereocenters. The van der Waals surface area contributed by atoms with Crippen molar-refractivity contribution in [1.82, 2.24) is 0 Å². The second kappa shape index (κ2) is 9.36. The predicted octanol–water partition coefficient (Wildman–Crippen LogP) is 1.85. The van der Waals surface area contributed by atoms with Gasteiger partial charge in [-0.15, -0.1) is 0 Å². The molecular formula is C15H20N2O. The van der Waals surface area contributed by atoms with Crippen molar-refractivity contribution in [3.8, 4) is 23.7 Å². The lowest BCUT2D eigenvalue weighted by molar-refractivity contribution is 0.542. The van der Waals surface area contributed by atoms with Gasteiger partial charge in [-0.05, 0) is 43.4 Å². The summed E-state index contributed by atoms with van der Waals surface area (Å²) in [4.78, 5) is 0. The fraction of sp³-hybridized carbons (Fsp3) is 0.467. The van der Waals surface area contributed by atoms with Crippen molar-refractivity contribution in [2.24, 2.45) is 11.5 Å². The van der Waals surface area contributed by atoms with Crippen LogP contribution in [-0.2, 0) is 0 Å². The molecule has 1 aromatic rings. The molecule has 0 aromatic carbocycles. The highest BCUT2D eigenvalue weighted by molar-refractivity contribution is 5.32. The Hall–Kier alpha value is -1.68. The highest BCUT2D eigenvalue weighted by Crippen LogP contribution is 2.05. The standard InChI is InChI=1S/C15H20N2O/c16-12-6-4-2-1-3-5-8-14-10-11-15(18-14)9-7-13-17/h10-11H,1-4,6,12-13,16-17H2. The van der Waals surface area contributed by atoms with E-state index in [0.29, 0.717) is 18.1 Å². The van der Waals surface area contributed by atoms with Crippen LogP contribution in [0.1, 0.15) is 43.6 Å². The van der Waals surface area contributed by atoms with Crippen LogP contribution >= 0.6 is 0 Å². The van der Waals surface area contributed by atoms with Crippen LogP contribution in [0.4, 0.5) is 0 Å². The van der Waals surface area contributed by atoms with Gasteiger partial charge in [-0.25, -0.2) is 0 Å². The lowest BCUT2D eigenvalue weighted by Crippen LogP contribution is -1.97. The third-order valence-corrected chi connectivity index (χ3v) is 2.39. The lowest BCUT2D eigenvalue weighted by atomic mass is 10.1. The maximum atomic E-state index is 5.42. The van der Waals surface area contributed by atoms with Crippen LogP contribution in [0.3, 0.4) is 0 Å². The zero-order chi connectivity index (χ0) is 13.1. The van der Waals surface area contributed by atoms with E-state index < -0.39 is 0 Å². The molecule has 1 aromatic heterocycles. The smallest absolute Gasteiger partial charge is 0.178 e. The van der Waals surface area contributed by atoms with Gasteiger partial charge in [0.05, 0.1) is 6.54 Å². The van der Waals surface area contributed by atoms with E-state index in [1.54, 1.807) is 0 Å². The van der Waals surface area contributed by atoms with E-state index in [-0.39, 0.29) is 0 Å². The summed E-state index contributed by atoms with van der Waals surface area (Å²) in [5, 5.41) is 0. The molecule has 0 aliphatic carbocycles. The summed E-state index contributed by atoms with van der Waals surface area (Å²) in [6.45, 7) is 1.12. The first-order chi connectivity index (χ1) is 8.86. The van der Waals surface area contributed by atoms with Gasteiger partial charge in [-0.2, -0.15) is 0 Å². The SMILES string of the molecule is NCC#Cc1ccc(C#CCCCCCCN)o1. The van der Waals surface area contributed by atoms with E-state index in [1.807, 2.05) is 12.1 Å². The Kier molecular flexibility index (Phi) is 7.48. The molecular weight excluding hydrogens is 224 g/mol. The highest BCUT2D eigenvalue weighted by atomic mass is 16.3. The van der Waals surface area contributed by atoms with Gasteiger partial charge in [0.25, 0.3) is 0 Å². The first-order valence-electron chi connectivity index (χ1n) is 6.34. The van der Waals surface area contributed by atoms with E-state index in [4.69, 9.17) is 15.9 Å². The number of hydrogen-bond donors (Lipinski definition) is 2. The van der Waals surface area contributed by atoms with Crippen LogP contribution in [0.5, 0.6) is 0 Å². The van der Waals surface area contributed by atoms with Crippen molar-refractivity contribution in [2.45, 2.75) is 32.1 Å². The Balaban J connectivity index is 2.28. The fourth-order valence-corrected chi connectivity index (χ4v) is 1.47. The Morgan fingerprint density at radius 1 is 0.889 bits per heavy atom. The maximum absolute atomic E-state index is 5.42. The van der Waals surface area contributed by atoms with Crippen LogP contribution < -0.4 is 11.5 Å². The second-order valence-corrected chi connectivity index (χ2v) is 3.92. The second-order valence-electron chi connectivity index (χ2n) is 3.92. The minimum absolute atomic E-state index is 0.338. The number of unbranched alkanes of at least 4 members (excludes halogenated alkanes) is 4. The molecule has 0 aliphatic heterocycles. The topological polar surface area (TPSA) is 65.2 Å². The molecule has 0 spiro atoms. The molecule has 4 N–H and O–H groups in total. The number of rotatable bonds is 5. The van der Waals surface area contributed by atoms with Crippen molar-refractivity contribution >= 4 is 0 Å². The fourth-order valence-electron chi connectivity index (χ4n) is 1.47. The van der Waals surface area contributed by atoms with Gasteiger partial charge < -0.3 is 15.9 Å². The molecule has 3 nitrogen and oxygen atoms in total. The zero-order valence-corrected chi connectivity index (χ0v) is 10.7. The summed E-state index contributed by atoms with van der Waals surface area (Å²) in [6, 6.07) is 3.65. The van der Waals surface area contributed by atoms with Crippen LogP contribution in [0.15, 0.2) is 16.5 Å². The van der Waals surface area contributed by atoms with E-state index in [9.17, 15) is 0 Å². The number of hydrogen-bond acceptors (Lipinski definition) is 3. The molecule has 3 heteroatoms. The van der Waals surface area contributed by atoms with Gasteiger partial charge in [-0.3, -0.25) is 0 Å². The Labute approximate surface area is 109 Å². The predicted molar refractivity (Wildman–Crippen MR) is 73.7 cm³/mol. The van der Waals surface area contributed by atoms with E-state index in [0.717, 1.165) is 25.8 Å². The van der Waals surface area contributed by atoms with E-state index >= 15 is 0 Å². The highest BCUT2D eigenvalue weighted by Gasteiger charge is 1.94. The van der Waals surface area contributed by atoms with Crippen molar-refractivity contribution in [3.63, 3.8) is 0 Å². The molecule has 0 unspecified atom stereocenters. The van der Waals surface area contributed by atoms with Gasteiger partial charge >= 0.3 is 0 Å². The van der Waals surface area contributed by atoms with Gasteiger partial charge in [0.15, 0.2) is 11.5 Å². The Morgan fingerprint density at radius 2 is 1.56 bits per heavy atom. The summed E-state index contributed by atoms with van der Waals surface area (Å²) >= 11 is 0. The summed E-state index contributed by atoms with van der Waals surface area (Å²) in [6.07, 6.45) is 5.51. The molecule has 96 valence electrons. The Bertz CT molecular complexity index is 454. The van der Waals surface area contributed by atoms with Crippen LogP contribution in [0.25, 0.3) is 0 Å². The number of nitrogens with two attached hydrogens (primary N) is 2. The minimum atomic E-state index is 0.338. The third kappa shape index (κ3) is 6.15. The van der Waals surface area contributed by atoms with E-state index in [1.165, 1.54) is 12.8 Å². The molecule has 0 amide bonds. The first-order valence-corrected chi connectivity index (χ1v) is 6.34. The molecule has 0 saturated carbocycles. The summed E-state index contributed by atoms with van der Waals surface area (Å²) in [5.41, 5.74) is 10.7. The van der Waals surface area contributed by atoms with Crippen LogP contribution in [-0.4, -0.2) is 13.1 Å². The van der Waals surface area contributed by atoms with Crippen LogP contribution in [0.2, 0.25) is 0 Å². The van der Waals surface area contributed by atoms with Crippen molar-refractivity contribution < 1.29 is 4.42 Å². The molecule has 0 bridgehead atoms. The summed E-state index contributed by atoms with van der Waals surface area (Å²) < 4.78 is 5.41. The summed E-state index contributed by atoms with van der Waals surface area (Å²) in [7, 11) is 0.